The Hall–Kier alpha value is -1.37. The van der Waals surface area contributed by atoms with Gasteiger partial charge >= 0.3 is 0 Å². The molecule has 1 unspecified atom stereocenters. The average molecular weight is 329 g/mol. The predicted molar refractivity (Wildman–Crippen MR) is 75.3 cm³/mol. The molecule has 1 atom stereocenters. The highest BCUT2D eigenvalue weighted by molar-refractivity contribution is 9.10. The molecule has 0 radical (unpaired) electrons. The van der Waals surface area contributed by atoms with Crippen LogP contribution in [0.5, 0.6) is 5.88 Å². The number of nitrogens with one attached hydrogen (secondary N) is 1. The summed E-state index contributed by atoms with van der Waals surface area (Å²) in [6, 6.07) is -0.204. The van der Waals surface area contributed by atoms with Crippen LogP contribution in [-0.2, 0) is 4.79 Å². The topological polar surface area (TPSA) is 67.4 Å². The van der Waals surface area contributed by atoms with Crippen LogP contribution in [0.2, 0.25) is 0 Å². The summed E-state index contributed by atoms with van der Waals surface area (Å²) in [5, 5.41) is 2.70. The minimum absolute atomic E-state index is 0.00480. The predicted octanol–water partition coefficient (Wildman–Crippen LogP) is 1.35. The Bertz CT molecular complexity index is 469. The molecule has 1 N–H and O–H groups in total. The molecule has 7 heteroatoms. The SMILES string of the molecule is CNC(=O)C1CCCCN1c1ncc(Br)c(OC)n1. The normalized spacial score (nSPS) is 19.1. The summed E-state index contributed by atoms with van der Waals surface area (Å²) in [5.41, 5.74) is 0. The van der Waals surface area contributed by atoms with E-state index in [1.807, 2.05) is 4.90 Å². The summed E-state index contributed by atoms with van der Waals surface area (Å²) in [4.78, 5) is 22.5. The number of carbonyl (C=O) groups is 1. The van der Waals surface area contributed by atoms with E-state index in [0.29, 0.717) is 16.3 Å². The summed E-state index contributed by atoms with van der Waals surface area (Å²) >= 11 is 3.32. The second-order valence-corrected chi connectivity index (χ2v) is 5.20. The molecule has 0 saturated carbocycles. The average Bonchev–Trinajstić information content (AvgIpc) is 2.47. The van der Waals surface area contributed by atoms with E-state index < -0.39 is 0 Å². The summed E-state index contributed by atoms with van der Waals surface area (Å²) in [7, 11) is 3.21. The van der Waals surface area contributed by atoms with Gasteiger partial charge in [-0.15, -0.1) is 0 Å². The molecule has 1 aromatic rings. The summed E-state index contributed by atoms with van der Waals surface area (Å²) < 4.78 is 5.87. The Morgan fingerprint density at radius 3 is 3.05 bits per heavy atom. The van der Waals surface area contributed by atoms with Gasteiger partial charge in [-0.25, -0.2) is 4.98 Å². The second kappa shape index (κ2) is 6.18. The van der Waals surface area contributed by atoms with Gasteiger partial charge in [0.15, 0.2) is 0 Å². The monoisotopic (exact) mass is 328 g/mol. The Kier molecular flexibility index (Phi) is 4.57. The number of hydrogen-bond acceptors (Lipinski definition) is 5. The van der Waals surface area contributed by atoms with E-state index in [2.05, 4.69) is 31.2 Å². The van der Waals surface area contributed by atoms with E-state index in [1.54, 1.807) is 20.4 Å². The minimum atomic E-state index is -0.204. The first-order chi connectivity index (χ1) is 9.17. The van der Waals surface area contributed by atoms with E-state index in [9.17, 15) is 4.79 Å². The lowest BCUT2D eigenvalue weighted by molar-refractivity contribution is -0.122. The second-order valence-electron chi connectivity index (χ2n) is 4.35. The molecule has 1 amide bonds. The summed E-state index contributed by atoms with van der Waals surface area (Å²) in [6.07, 6.45) is 4.55. The van der Waals surface area contributed by atoms with Crippen LogP contribution < -0.4 is 15.0 Å². The number of hydrogen-bond donors (Lipinski definition) is 1. The van der Waals surface area contributed by atoms with Gasteiger partial charge < -0.3 is 15.0 Å². The number of ether oxygens (including phenoxy) is 1. The molecule has 1 aliphatic rings. The third-order valence-corrected chi connectivity index (χ3v) is 3.75. The number of aromatic nitrogens is 2. The van der Waals surface area contributed by atoms with Gasteiger partial charge in [0.05, 0.1) is 17.8 Å². The number of methoxy groups -OCH3 is 1. The van der Waals surface area contributed by atoms with E-state index >= 15 is 0 Å². The number of halogens is 1. The molecule has 2 heterocycles. The lowest BCUT2D eigenvalue weighted by atomic mass is 10.0. The van der Waals surface area contributed by atoms with Crippen molar-refractivity contribution in [2.24, 2.45) is 0 Å². The summed E-state index contributed by atoms with van der Waals surface area (Å²) in [5.74, 6) is 1.02. The van der Waals surface area contributed by atoms with Gasteiger partial charge in [0.1, 0.15) is 6.04 Å². The van der Waals surface area contributed by atoms with Crippen molar-refractivity contribution >= 4 is 27.8 Å². The van der Waals surface area contributed by atoms with Crippen LogP contribution in [0.15, 0.2) is 10.7 Å². The van der Waals surface area contributed by atoms with Crippen molar-refractivity contribution in [1.29, 1.82) is 0 Å². The Morgan fingerprint density at radius 1 is 1.58 bits per heavy atom. The number of nitrogens with zero attached hydrogens (tertiary/aromatic N) is 3. The maximum absolute atomic E-state index is 11.9. The van der Waals surface area contributed by atoms with Gasteiger partial charge in [0, 0.05) is 13.6 Å². The zero-order valence-electron chi connectivity index (χ0n) is 11.0. The highest BCUT2D eigenvalue weighted by Gasteiger charge is 2.30. The number of amides is 1. The van der Waals surface area contributed by atoms with Crippen molar-refractivity contribution in [1.82, 2.24) is 15.3 Å². The third-order valence-electron chi connectivity index (χ3n) is 3.20. The van der Waals surface area contributed by atoms with E-state index in [4.69, 9.17) is 4.74 Å². The molecule has 19 heavy (non-hydrogen) atoms. The zero-order valence-corrected chi connectivity index (χ0v) is 12.6. The third kappa shape index (κ3) is 2.97. The first-order valence-electron chi connectivity index (χ1n) is 6.22. The van der Waals surface area contributed by atoms with Crippen molar-refractivity contribution in [3.05, 3.63) is 10.7 Å². The van der Waals surface area contributed by atoms with E-state index in [1.165, 1.54) is 0 Å². The molecule has 1 aromatic heterocycles. The number of likely N-dealkylation sites (N-methyl/N-ethyl adjacent to an activating group) is 1. The van der Waals surface area contributed by atoms with Crippen molar-refractivity contribution in [2.45, 2.75) is 25.3 Å². The maximum atomic E-state index is 11.9. The molecule has 0 aliphatic carbocycles. The van der Waals surface area contributed by atoms with Crippen molar-refractivity contribution in [2.75, 3.05) is 25.6 Å². The molecule has 104 valence electrons. The van der Waals surface area contributed by atoms with Gasteiger partial charge in [-0.3, -0.25) is 4.79 Å². The van der Waals surface area contributed by atoms with Crippen LogP contribution in [0, 0.1) is 0 Å². The zero-order chi connectivity index (χ0) is 13.8. The lowest BCUT2D eigenvalue weighted by Crippen LogP contribution is -2.49. The maximum Gasteiger partial charge on any atom is 0.242 e. The molecule has 6 nitrogen and oxygen atoms in total. The summed E-state index contributed by atoms with van der Waals surface area (Å²) in [6.45, 7) is 0.781. The van der Waals surface area contributed by atoms with Gasteiger partial charge in [-0.2, -0.15) is 4.98 Å². The van der Waals surface area contributed by atoms with E-state index in [0.717, 1.165) is 25.8 Å². The largest absolute Gasteiger partial charge is 0.480 e. The Balaban J connectivity index is 2.29. The van der Waals surface area contributed by atoms with Crippen LogP contribution in [0.1, 0.15) is 19.3 Å². The fourth-order valence-corrected chi connectivity index (χ4v) is 2.59. The van der Waals surface area contributed by atoms with Gasteiger partial charge in [-0.1, -0.05) is 0 Å². The van der Waals surface area contributed by atoms with E-state index in [-0.39, 0.29) is 11.9 Å². The molecule has 0 bridgehead atoms. The molecular formula is C12H17BrN4O2. The highest BCUT2D eigenvalue weighted by Crippen LogP contribution is 2.27. The number of anilines is 1. The molecule has 2 rings (SSSR count). The molecule has 0 aromatic carbocycles. The van der Waals surface area contributed by atoms with Crippen LogP contribution >= 0.6 is 15.9 Å². The highest BCUT2D eigenvalue weighted by atomic mass is 79.9. The number of piperidine rings is 1. The van der Waals surface area contributed by atoms with Gasteiger partial charge in [-0.05, 0) is 35.2 Å². The fourth-order valence-electron chi connectivity index (χ4n) is 2.23. The fraction of sp³-hybridized carbons (Fsp3) is 0.583. The molecule has 1 aliphatic heterocycles. The van der Waals surface area contributed by atoms with Crippen LogP contribution in [0.25, 0.3) is 0 Å². The van der Waals surface area contributed by atoms with Crippen molar-refractivity contribution in [3.8, 4) is 5.88 Å². The number of rotatable bonds is 3. The van der Waals surface area contributed by atoms with Crippen molar-refractivity contribution in [3.63, 3.8) is 0 Å². The molecular weight excluding hydrogens is 312 g/mol. The molecule has 1 fully saturated rings. The molecule has 0 spiro atoms. The first kappa shape index (κ1) is 14.0. The number of carbonyl (C=O) groups excluding carboxylic acids is 1. The van der Waals surface area contributed by atoms with Crippen LogP contribution in [0.4, 0.5) is 5.95 Å². The lowest BCUT2D eigenvalue weighted by Gasteiger charge is -2.34. The van der Waals surface area contributed by atoms with Crippen LogP contribution in [0.3, 0.4) is 0 Å². The van der Waals surface area contributed by atoms with Crippen molar-refractivity contribution < 1.29 is 9.53 Å². The smallest absolute Gasteiger partial charge is 0.242 e. The van der Waals surface area contributed by atoms with Crippen LogP contribution in [-0.4, -0.2) is 42.6 Å². The quantitative estimate of drug-likeness (QED) is 0.907. The van der Waals surface area contributed by atoms with Gasteiger partial charge in [0.25, 0.3) is 0 Å². The molecule has 1 saturated heterocycles. The first-order valence-corrected chi connectivity index (χ1v) is 7.01. The minimum Gasteiger partial charge on any atom is -0.480 e. The Labute approximate surface area is 120 Å². The van der Waals surface area contributed by atoms with Gasteiger partial charge in [0.2, 0.25) is 17.7 Å². The Morgan fingerprint density at radius 2 is 2.37 bits per heavy atom. The standard InChI is InChI=1S/C12H17BrN4O2/c1-14-10(18)9-5-3-4-6-17(9)12-15-7-8(13)11(16-12)19-2/h7,9H,3-6H2,1-2H3,(H,14,18).